The Kier molecular flexibility index (Phi) is 5.95. The van der Waals surface area contributed by atoms with E-state index in [1.54, 1.807) is 12.4 Å². The van der Waals surface area contributed by atoms with E-state index in [0.29, 0.717) is 13.1 Å². The number of methoxy groups -OCH3 is 1. The Morgan fingerprint density at radius 3 is 2.79 bits per heavy atom. The highest BCUT2D eigenvalue weighted by Gasteiger charge is 2.19. The molecule has 0 aliphatic rings. The van der Waals surface area contributed by atoms with Crippen LogP contribution in [0, 0.1) is 6.92 Å². The number of rotatable bonds is 6. The second-order valence-corrected chi connectivity index (χ2v) is 4.21. The fourth-order valence-corrected chi connectivity index (χ4v) is 1.63. The highest BCUT2D eigenvalue weighted by Crippen LogP contribution is 2.04. The van der Waals surface area contributed by atoms with Gasteiger partial charge in [0.2, 0.25) is 5.91 Å². The second-order valence-electron chi connectivity index (χ2n) is 4.21. The molecule has 0 radical (unpaired) electrons. The van der Waals surface area contributed by atoms with E-state index in [9.17, 15) is 9.59 Å². The monoisotopic (exact) mass is 265 g/mol. The van der Waals surface area contributed by atoms with Crippen molar-refractivity contribution < 1.29 is 14.3 Å². The number of carbonyl (C=O) groups excluding carboxylic acids is 2. The van der Waals surface area contributed by atoms with Crippen molar-refractivity contribution in [2.45, 2.75) is 26.4 Å². The van der Waals surface area contributed by atoms with Gasteiger partial charge in [0.25, 0.3) is 0 Å². The molecule has 0 saturated heterocycles. The van der Waals surface area contributed by atoms with Gasteiger partial charge in [-0.2, -0.15) is 0 Å². The molecule has 1 aromatic rings. The third kappa shape index (κ3) is 5.05. The lowest BCUT2D eigenvalue weighted by atomic mass is 10.1. The molecule has 1 amide bonds. The Morgan fingerprint density at radius 2 is 2.21 bits per heavy atom. The zero-order valence-electron chi connectivity index (χ0n) is 11.4. The molecule has 0 aromatic carbocycles. The first-order valence-electron chi connectivity index (χ1n) is 5.99. The zero-order valence-corrected chi connectivity index (χ0v) is 11.4. The van der Waals surface area contributed by atoms with E-state index in [-0.39, 0.29) is 5.91 Å². The summed E-state index contributed by atoms with van der Waals surface area (Å²) in [5.41, 5.74) is 2.17. The summed E-state index contributed by atoms with van der Waals surface area (Å²) < 4.78 is 4.64. The van der Waals surface area contributed by atoms with Crippen molar-refractivity contribution in [3.63, 3.8) is 0 Å². The highest BCUT2D eigenvalue weighted by molar-refractivity contribution is 5.83. The Hall–Kier alpha value is -1.95. The number of aromatic nitrogens is 1. The molecule has 1 aromatic heterocycles. The van der Waals surface area contributed by atoms with Gasteiger partial charge in [0, 0.05) is 32.4 Å². The van der Waals surface area contributed by atoms with Gasteiger partial charge in [-0.25, -0.2) is 4.79 Å². The summed E-state index contributed by atoms with van der Waals surface area (Å²) in [4.78, 5) is 26.5. The molecule has 0 bridgehead atoms. The van der Waals surface area contributed by atoms with Crippen LogP contribution in [0.15, 0.2) is 18.5 Å². The Morgan fingerprint density at radius 1 is 1.47 bits per heavy atom. The topological polar surface area (TPSA) is 80.3 Å². The second kappa shape index (κ2) is 7.48. The van der Waals surface area contributed by atoms with Gasteiger partial charge >= 0.3 is 5.97 Å². The van der Waals surface area contributed by atoms with Crippen LogP contribution < -0.4 is 10.6 Å². The van der Waals surface area contributed by atoms with Gasteiger partial charge in [0.15, 0.2) is 0 Å². The predicted molar refractivity (Wildman–Crippen MR) is 70.3 cm³/mol. The minimum absolute atomic E-state index is 0.266. The van der Waals surface area contributed by atoms with Crippen molar-refractivity contribution in [1.29, 1.82) is 0 Å². The van der Waals surface area contributed by atoms with E-state index < -0.39 is 12.0 Å². The van der Waals surface area contributed by atoms with Crippen molar-refractivity contribution in [3.05, 3.63) is 29.6 Å². The minimum Gasteiger partial charge on any atom is -0.467 e. The summed E-state index contributed by atoms with van der Waals surface area (Å²) in [7, 11) is 1.30. The summed E-state index contributed by atoms with van der Waals surface area (Å²) in [6.45, 7) is 4.24. The standard InChI is InChI=1S/C13H19N3O3/c1-9-6-14-5-4-11(9)7-15-8-12(13(18)19-3)16-10(2)17/h4-6,12,15H,7-8H2,1-3H3,(H,16,17). The molecule has 0 fully saturated rings. The highest BCUT2D eigenvalue weighted by atomic mass is 16.5. The molecule has 1 atom stereocenters. The number of pyridine rings is 1. The van der Waals surface area contributed by atoms with Gasteiger partial charge in [-0.15, -0.1) is 0 Å². The zero-order chi connectivity index (χ0) is 14.3. The molecular weight excluding hydrogens is 246 g/mol. The van der Waals surface area contributed by atoms with E-state index in [2.05, 4.69) is 20.4 Å². The summed E-state index contributed by atoms with van der Waals surface area (Å²) in [5.74, 6) is -0.730. The average molecular weight is 265 g/mol. The molecule has 6 heteroatoms. The molecule has 1 rings (SSSR count). The van der Waals surface area contributed by atoms with Crippen LogP contribution in [0.25, 0.3) is 0 Å². The van der Waals surface area contributed by atoms with E-state index in [1.165, 1.54) is 14.0 Å². The van der Waals surface area contributed by atoms with E-state index >= 15 is 0 Å². The van der Waals surface area contributed by atoms with Crippen molar-refractivity contribution in [2.24, 2.45) is 0 Å². The van der Waals surface area contributed by atoms with Crippen LogP contribution in [0.2, 0.25) is 0 Å². The SMILES string of the molecule is COC(=O)C(CNCc1ccncc1C)NC(C)=O. The van der Waals surface area contributed by atoms with Gasteiger partial charge in [-0.05, 0) is 24.1 Å². The van der Waals surface area contributed by atoms with Crippen LogP contribution >= 0.6 is 0 Å². The summed E-state index contributed by atoms with van der Waals surface area (Å²) in [6.07, 6.45) is 3.50. The van der Waals surface area contributed by atoms with E-state index in [4.69, 9.17) is 0 Å². The molecule has 19 heavy (non-hydrogen) atoms. The fraction of sp³-hybridized carbons (Fsp3) is 0.462. The van der Waals surface area contributed by atoms with Crippen LogP contribution in [0.1, 0.15) is 18.1 Å². The Labute approximate surface area is 112 Å². The smallest absolute Gasteiger partial charge is 0.329 e. The number of hydrogen-bond donors (Lipinski definition) is 2. The lowest BCUT2D eigenvalue weighted by molar-refractivity contribution is -0.144. The number of ether oxygens (including phenoxy) is 1. The molecular formula is C13H19N3O3. The maximum Gasteiger partial charge on any atom is 0.329 e. The number of aryl methyl sites for hydroxylation is 1. The summed E-state index contributed by atoms with van der Waals surface area (Å²) in [6, 6.07) is 1.23. The number of carbonyl (C=O) groups is 2. The van der Waals surface area contributed by atoms with Gasteiger partial charge < -0.3 is 15.4 Å². The van der Waals surface area contributed by atoms with Crippen LogP contribution in [0.3, 0.4) is 0 Å². The summed E-state index contributed by atoms with van der Waals surface area (Å²) in [5, 5.41) is 5.66. The number of hydrogen-bond acceptors (Lipinski definition) is 5. The third-order valence-corrected chi connectivity index (χ3v) is 2.66. The first-order valence-corrected chi connectivity index (χ1v) is 5.99. The number of nitrogens with zero attached hydrogens (tertiary/aromatic N) is 1. The molecule has 1 unspecified atom stereocenters. The number of amides is 1. The molecule has 0 spiro atoms. The van der Waals surface area contributed by atoms with Crippen molar-refractivity contribution in [2.75, 3.05) is 13.7 Å². The van der Waals surface area contributed by atoms with Gasteiger partial charge in [-0.3, -0.25) is 9.78 Å². The first-order chi connectivity index (χ1) is 9.04. The fourth-order valence-electron chi connectivity index (χ4n) is 1.63. The van der Waals surface area contributed by atoms with E-state index in [0.717, 1.165) is 11.1 Å². The molecule has 0 saturated carbocycles. The van der Waals surface area contributed by atoms with Crippen LogP contribution in [0.4, 0.5) is 0 Å². The number of esters is 1. The Balaban J connectivity index is 2.50. The quantitative estimate of drug-likeness (QED) is 0.716. The minimum atomic E-state index is -0.676. The normalized spacial score (nSPS) is 11.7. The molecule has 104 valence electrons. The van der Waals surface area contributed by atoms with Crippen molar-refractivity contribution in [3.8, 4) is 0 Å². The van der Waals surface area contributed by atoms with Crippen molar-refractivity contribution in [1.82, 2.24) is 15.6 Å². The average Bonchev–Trinajstić information content (AvgIpc) is 2.38. The number of nitrogens with one attached hydrogen (secondary N) is 2. The lowest BCUT2D eigenvalue weighted by Crippen LogP contribution is -2.47. The van der Waals surface area contributed by atoms with Gasteiger partial charge in [0.05, 0.1) is 7.11 Å². The molecule has 0 aliphatic heterocycles. The predicted octanol–water partition coefficient (Wildman–Crippen LogP) is 0.157. The van der Waals surface area contributed by atoms with Crippen molar-refractivity contribution >= 4 is 11.9 Å². The molecule has 6 nitrogen and oxygen atoms in total. The third-order valence-electron chi connectivity index (χ3n) is 2.66. The maximum atomic E-state index is 11.5. The van der Waals surface area contributed by atoms with Crippen LogP contribution in [-0.4, -0.2) is 36.6 Å². The summed E-state index contributed by atoms with van der Waals surface area (Å²) >= 11 is 0. The van der Waals surface area contributed by atoms with E-state index in [1.807, 2.05) is 13.0 Å². The largest absolute Gasteiger partial charge is 0.467 e. The van der Waals surface area contributed by atoms with Crippen LogP contribution in [-0.2, 0) is 20.9 Å². The van der Waals surface area contributed by atoms with Gasteiger partial charge in [0.1, 0.15) is 6.04 Å². The lowest BCUT2D eigenvalue weighted by Gasteiger charge is -2.16. The molecule has 1 heterocycles. The maximum absolute atomic E-state index is 11.5. The Bertz CT molecular complexity index is 449. The first kappa shape index (κ1) is 15.1. The molecule has 0 aliphatic carbocycles. The van der Waals surface area contributed by atoms with Gasteiger partial charge in [-0.1, -0.05) is 0 Å². The van der Waals surface area contributed by atoms with Crippen LogP contribution in [0.5, 0.6) is 0 Å². The molecule has 2 N–H and O–H groups in total.